The Labute approximate surface area is 124 Å². The number of hydrogen-bond donors (Lipinski definition) is 0. The molecule has 0 radical (unpaired) electrons. The SMILES string of the molecule is Cc1ccc(CC(Br)c2cc(F)c(F)c(F)c2)cc1C. The van der Waals surface area contributed by atoms with Crippen LogP contribution in [-0.4, -0.2) is 0 Å². The molecule has 1 unspecified atom stereocenters. The zero-order valence-electron chi connectivity index (χ0n) is 11.2. The molecule has 0 aliphatic rings. The average Bonchev–Trinajstić information content (AvgIpc) is 2.39. The lowest BCUT2D eigenvalue weighted by atomic mass is 10.0. The number of hydrogen-bond acceptors (Lipinski definition) is 0. The van der Waals surface area contributed by atoms with E-state index in [4.69, 9.17) is 0 Å². The van der Waals surface area contributed by atoms with Crippen LogP contribution in [0.4, 0.5) is 13.2 Å². The fraction of sp³-hybridized carbons (Fsp3) is 0.250. The van der Waals surface area contributed by atoms with Crippen LogP contribution in [0.15, 0.2) is 30.3 Å². The van der Waals surface area contributed by atoms with Gasteiger partial charge >= 0.3 is 0 Å². The van der Waals surface area contributed by atoms with E-state index in [1.54, 1.807) is 0 Å². The van der Waals surface area contributed by atoms with Crippen molar-refractivity contribution in [3.63, 3.8) is 0 Å². The molecule has 4 heteroatoms. The zero-order chi connectivity index (χ0) is 14.9. The second-order valence-electron chi connectivity index (χ2n) is 4.89. The summed E-state index contributed by atoms with van der Waals surface area (Å²) in [6.45, 7) is 4.04. The van der Waals surface area contributed by atoms with Crippen molar-refractivity contribution in [2.45, 2.75) is 25.1 Å². The van der Waals surface area contributed by atoms with Crippen molar-refractivity contribution >= 4 is 15.9 Å². The van der Waals surface area contributed by atoms with Crippen LogP contribution in [0.2, 0.25) is 0 Å². The molecule has 0 aliphatic carbocycles. The molecule has 0 N–H and O–H groups in total. The molecule has 1 atom stereocenters. The molecule has 0 nitrogen and oxygen atoms in total. The highest BCUT2D eigenvalue weighted by Gasteiger charge is 2.16. The summed E-state index contributed by atoms with van der Waals surface area (Å²) in [5.41, 5.74) is 3.80. The molecule has 0 aromatic heterocycles. The second-order valence-corrected chi connectivity index (χ2v) is 5.99. The third-order valence-electron chi connectivity index (χ3n) is 3.35. The van der Waals surface area contributed by atoms with E-state index < -0.39 is 17.5 Å². The maximum absolute atomic E-state index is 13.2. The molecular formula is C16H14BrF3. The van der Waals surface area contributed by atoms with Gasteiger partial charge < -0.3 is 0 Å². The molecule has 0 heterocycles. The summed E-state index contributed by atoms with van der Waals surface area (Å²) in [6.07, 6.45) is 0.575. The Morgan fingerprint density at radius 2 is 1.55 bits per heavy atom. The van der Waals surface area contributed by atoms with Gasteiger partial charge in [-0.2, -0.15) is 0 Å². The summed E-state index contributed by atoms with van der Waals surface area (Å²) >= 11 is 3.40. The molecule has 2 aromatic rings. The van der Waals surface area contributed by atoms with E-state index in [0.717, 1.165) is 17.7 Å². The average molecular weight is 343 g/mol. The van der Waals surface area contributed by atoms with Gasteiger partial charge in [0.25, 0.3) is 0 Å². The van der Waals surface area contributed by atoms with Crippen molar-refractivity contribution in [1.29, 1.82) is 0 Å². The number of halogens is 4. The molecule has 0 amide bonds. The summed E-state index contributed by atoms with van der Waals surface area (Å²) in [5.74, 6) is -3.76. The van der Waals surface area contributed by atoms with E-state index >= 15 is 0 Å². The molecule has 0 saturated carbocycles. The first-order chi connectivity index (χ1) is 9.38. The van der Waals surface area contributed by atoms with Crippen molar-refractivity contribution in [2.75, 3.05) is 0 Å². The monoisotopic (exact) mass is 342 g/mol. The van der Waals surface area contributed by atoms with Crippen LogP contribution in [0.25, 0.3) is 0 Å². The minimum absolute atomic E-state index is 0.269. The molecule has 2 aromatic carbocycles. The van der Waals surface area contributed by atoms with Crippen LogP contribution < -0.4 is 0 Å². The standard InChI is InChI=1S/C16H14BrF3/c1-9-3-4-11(5-10(9)2)6-13(17)12-7-14(18)16(20)15(19)8-12/h3-5,7-8,13H,6H2,1-2H3. The van der Waals surface area contributed by atoms with Gasteiger partial charge in [0.05, 0.1) is 0 Å². The Morgan fingerprint density at radius 3 is 2.10 bits per heavy atom. The number of aryl methyl sites for hydroxylation is 2. The molecule has 0 fully saturated rings. The quantitative estimate of drug-likeness (QED) is 0.517. The molecule has 106 valence electrons. The number of alkyl halides is 1. The normalized spacial score (nSPS) is 12.5. The molecule has 2 rings (SSSR count). The van der Waals surface area contributed by atoms with Gasteiger partial charge in [0.1, 0.15) is 0 Å². The van der Waals surface area contributed by atoms with Gasteiger partial charge in [0, 0.05) is 4.83 Å². The molecule has 20 heavy (non-hydrogen) atoms. The first kappa shape index (κ1) is 15.1. The maximum Gasteiger partial charge on any atom is 0.194 e. The van der Waals surface area contributed by atoms with E-state index in [9.17, 15) is 13.2 Å². The third kappa shape index (κ3) is 3.23. The van der Waals surface area contributed by atoms with Crippen LogP contribution in [0.3, 0.4) is 0 Å². The lowest BCUT2D eigenvalue weighted by Gasteiger charge is -2.12. The Morgan fingerprint density at radius 1 is 0.950 bits per heavy atom. The zero-order valence-corrected chi connectivity index (χ0v) is 12.8. The Kier molecular flexibility index (Phi) is 4.53. The van der Waals surface area contributed by atoms with E-state index in [2.05, 4.69) is 15.9 Å². The molecule has 0 spiro atoms. The van der Waals surface area contributed by atoms with Gasteiger partial charge in [-0.25, -0.2) is 13.2 Å². The number of benzene rings is 2. The Balaban J connectivity index is 2.23. The molecule has 0 bridgehead atoms. The topological polar surface area (TPSA) is 0 Å². The summed E-state index contributed by atoms with van der Waals surface area (Å²) in [4.78, 5) is -0.269. The third-order valence-corrected chi connectivity index (χ3v) is 4.21. The van der Waals surface area contributed by atoms with Gasteiger partial charge in [0.15, 0.2) is 17.5 Å². The van der Waals surface area contributed by atoms with Crippen LogP contribution in [-0.2, 0) is 6.42 Å². The van der Waals surface area contributed by atoms with Gasteiger partial charge in [0.2, 0.25) is 0 Å². The van der Waals surface area contributed by atoms with Crippen LogP contribution >= 0.6 is 15.9 Å². The molecular weight excluding hydrogens is 329 g/mol. The largest absolute Gasteiger partial charge is 0.204 e. The first-order valence-corrected chi connectivity index (χ1v) is 7.14. The predicted molar refractivity (Wildman–Crippen MR) is 77.6 cm³/mol. The van der Waals surface area contributed by atoms with Gasteiger partial charge in [-0.1, -0.05) is 34.1 Å². The highest BCUT2D eigenvalue weighted by molar-refractivity contribution is 9.09. The Hall–Kier alpha value is -1.29. The minimum atomic E-state index is -1.43. The van der Waals surface area contributed by atoms with E-state index in [-0.39, 0.29) is 4.83 Å². The predicted octanol–water partition coefficient (Wildman–Crippen LogP) is 5.40. The van der Waals surface area contributed by atoms with E-state index in [1.165, 1.54) is 11.1 Å². The van der Waals surface area contributed by atoms with Crippen LogP contribution in [0.1, 0.15) is 27.1 Å². The summed E-state index contributed by atoms with van der Waals surface area (Å²) in [5, 5.41) is 0. The van der Waals surface area contributed by atoms with E-state index in [0.29, 0.717) is 12.0 Å². The van der Waals surface area contributed by atoms with Crippen molar-refractivity contribution in [3.05, 3.63) is 70.0 Å². The summed E-state index contributed by atoms with van der Waals surface area (Å²) in [7, 11) is 0. The van der Waals surface area contributed by atoms with Gasteiger partial charge in [-0.3, -0.25) is 0 Å². The van der Waals surface area contributed by atoms with Crippen molar-refractivity contribution in [3.8, 4) is 0 Å². The highest BCUT2D eigenvalue weighted by atomic mass is 79.9. The molecule has 0 aliphatic heterocycles. The second kappa shape index (κ2) is 6.00. The fourth-order valence-electron chi connectivity index (χ4n) is 2.01. The Bertz CT molecular complexity index is 615. The van der Waals surface area contributed by atoms with Crippen LogP contribution in [0, 0.1) is 31.3 Å². The van der Waals surface area contributed by atoms with Gasteiger partial charge in [-0.15, -0.1) is 0 Å². The van der Waals surface area contributed by atoms with Crippen molar-refractivity contribution in [1.82, 2.24) is 0 Å². The lowest BCUT2D eigenvalue weighted by Crippen LogP contribution is -2.00. The minimum Gasteiger partial charge on any atom is -0.204 e. The number of rotatable bonds is 3. The molecule has 0 saturated heterocycles. The first-order valence-electron chi connectivity index (χ1n) is 6.23. The smallest absolute Gasteiger partial charge is 0.194 e. The van der Waals surface area contributed by atoms with Crippen molar-refractivity contribution in [2.24, 2.45) is 0 Å². The maximum atomic E-state index is 13.2. The highest BCUT2D eigenvalue weighted by Crippen LogP contribution is 2.29. The fourth-order valence-corrected chi connectivity index (χ4v) is 2.65. The van der Waals surface area contributed by atoms with E-state index in [1.807, 2.05) is 32.0 Å². The lowest BCUT2D eigenvalue weighted by molar-refractivity contribution is 0.445. The van der Waals surface area contributed by atoms with Crippen LogP contribution in [0.5, 0.6) is 0 Å². The summed E-state index contributed by atoms with van der Waals surface area (Å²) < 4.78 is 39.4. The van der Waals surface area contributed by atoms with Crippen molar-refractivity contribution < 1.29 is 13.2 Å². The van der Waals surface area contributed by atoms with Gasteiger partial charge in [-0.05, 0) is 54.7 Å². The summed E-state index contributed by atoms with van der Waals surface area (Å²) in [6, 6.07) is 8.08.